The number of nitrogen functional groups attached to an aromatic ring is 1. The van der Waals surface area contributed by atoms with E-state index in [2.05, 4.69) is 48.1 Å². The quantitative estimate of drug-likeness (QED) is 0.128. The van der Waals surface area contributed by atoms with E-state index in [1.54, 1.807) is 6.20 Å². The van der Waals surface area contributed by atoms with Gasteiger partial charge in [0.1, 0.15) is 6.20 Å². The number of nitrogens with zero attached hydrogens (tertiary/aromatic N) is 5. The lowest BCUT2D eigenvalue weighted by Gasteiger charge is -2.29. The molecule has 0 bridgehead atoms. The molecular formula is C34H56N10O6. The van der Waals surface area contributed by atoms with Crippen molar-refractivity contribution in [2.24, 2.45) is 11.8 Å². The van der Waals surface area contributed by atoms with Crippen molar-refractivity contribution in [2.75, 3.05) is 53.4 Å². The Labute approximate surface area is 294 Å². The molecule has 16 heteroatoms. The summed E-state index contributed by atoms with van der Waals surface area (Å²) in [5, 5.41) is 43.2. The number of anilines is 5. The molecule has 6 rings (SSSR count). The molecule has 0 spiro atoms. The standard InChI is InChI=1S/C17H27N5O4.C17H29N5O2/c1-11-8-14(6-7-26-11)20-17-18-9-15(22(24)25)16(21-17)19-13-4-2-12(10-23)3-5-13;1-11-8-14(6-7-24-11)21-17-19-9-15(18)16(22-17)20-13-4-2-12(10-23)3-5-13/h9,11-14,23H,2-8,10H2,1H3,(H2,18,19,20,21);9,11-14,23H,2-8,10,18H2,1H3,(H2,19,20,21,22)/t2*11-,12?,13?,14-/m11/s1. The van der Waals surface area contributed by atoms with Crippen molar-refractivity contribution in [2.45, 2.75) is 127 Å². The molecule has 0 amide bonds. The summed E-state index contributed by atoms with van der Waals surface area (Å²) in [5.41, 5.74) is 6.50. The summed E-state index contributed by atoms with van der Waals surface area (Å²) >= 11 is 0. The number of nitrogens with two attached hydrogens (primary N) is 1. The lowest BCUT2D eigenvalue weighted by atomic mass is 9.86. The fourth-order valence-corrected chi connectivity index (χ4v) is 7.25. The average molecular weight is 701 g/mol. The topological polar surface area (TPSA) is 228 Å². The number of ether oxygens (including phenoxy) is 2. The van der Waals surface area contributed by atoms with Crippen LogP contribution in [-0.2, 0) is 9.47 Å². The number of aliphatic hydroxyl groups excluding tert-OH is 2. The van der Waals surface area contributed by atoms with Crippen LogP contribution in [0, 0.1) is 22.0 Å². The Bertz CT molecular complexity index is 1360. The predicted octanol–water partition coefficient (Wildman–Crippen LogP) is 4.33. The maximum atomic E-state index is 11.3. The Kier molecular flexibility index (Phi) is 14.0. The van der Waals surface area contributed by atoms with E-state index in [9.17, 15) is 20.3 Å². The van der Waals surface area contributed by atoms with Crippen molar-refractivity contribution in [1.29, 1.82) is 0 Å². The minimum atomic E-state index is -0.456. The summed E-state index contributed by atoms with van der Waals surface area (Å²) in [5.74, 6) is 2.77. The molecule has 8 N–H and O–H groups in total. The van der Waals surface area contributed by atoms with Crippen molar-refractivity contribution >= 4 is 34.9 Å². The van der Waals surface area contributed by atoms with E-state index in [0.717, 1.165) is 83.7 Å². The van der Waals surface area contributed by atoms with Crippen molar-refractivity contribution in [3.05, 3.63) is 22.5 Å². The first-order valence-electron chi connectivity index (χ1n) is 18.3. The van der Waals surface area contributed by atoms with Crippen molar-refractivity contribution < 1.29 is 24.6 Å². The van der Waals surface area contributed by atoms with Crippen molar-refractivity contribution in [3.63, 3.8) is 0 Å². The molecule has 4 fully saturated rings. The monoisotopic (exact) mass is 700 g/mol. The lowest BCUT2D eigenvalue weighted by Crippen LogP contribution is -2.33. The Hall–Kier alpha value is -3.60. The molecule has 0 radical (unpaired) electrons. The molecule has 2 aromatic heterocycles. The molecule has 2 saturated carbocycles. The zero-order valence-corrected chi connectivity index (χ0v) is 29.4. The number of aliphatic hydroxyl groups is 2. The summed E-state index contributed by atoms with van der Waals surface area (Å²) < 4.78 is 11.1. The zero-order valence-electron chi connectivity index (χ0n) is 29.4. The Balaban J connectivity index is 0.000000195. The van der Waals surface area contributed by atoms with Gasteiger partial charge in [0.05, 0.1) is 29.0 Å². The van der Waals surface area contributed by atoms with Gasteiger partial charge in [0.25, 0.3) is 0 Å². The third kappa shape index (κ3) is 11.2. The van der Waals surface area contributed by atoms with Gasteiger partial charge in [0.15, 0.2) is 5.82 Å². The fraction of sp³-hybridized carbons (Fsp3) is 0.765. The van der Waals surface area contributed by atoms with Crippen LogP contribution in [-0.4, -0.2) is 97.9 Å². The van der Waals surface area contributed by atoms with E-state index in [1.807, 2.05) is 6.92 Å². The molecule has 2 aromatic rings. The third-order valence-corrected chi connectivity index (χ3v) is 10.3. The second-order valence-corrected chi connectivity index (χ2v) is 14.4. The number of rotatable bonds is 11. The van der Waals surface area contributed by atoms with Crippen LogP contribution >= 0.6 is 0 Å². The molecule has 4 heterocycles. The Morgan fingerprint density at radius 1 is 0.720 bits per heavy atom. The van der Waals surface area contributed by atoms with Gasteiger partial charge in [-0.3, -0.25) is 10.1 Å². The van der Waals surface area contributed by atoms with Gasteiger partial charge in [-0.15, -0.1) is 0 Å². The highest BCUT2D eigenvalue weighted by Crippen LogP contribution is 2.31. The summed E-state index contributed by atoms with van der Waals surface area (Å²) in [6.45, 7) is 6.07. The van der Waals surface area contributed by atoms with Crippen molar-refractivity contribution in [3.8, 4) is 0 Å². The van der Waals surface area contributed by atoms with Crippen molar-refractivity contribution in [1.82, 2.24) is 19.9 Å². The molecule has 2 aliphatic carbocycles. The van der Waals surface area contributed by atoms with Gasteiger partial charge >= 0.3 is 5.69 Å². The summed E-state index contributed by atoms with van der Waals surface area (Å²) in [6, 6.07) is 1.03. The molecule has 16 nitrogen and oxygen atoms in total. The number of nitro groups is 1. The number of aromatic nitrogens is 4. The molecule has 4 aliphatic rings. The molecule has 4 atom stereocenters. The second-order valence-electron chi connectivity index (χ2n) is 14.4. The normalized spacial score (nSPS) is 29.9. The van der Waals surface area contributed by atoms with Gasteiger partial charge < -0.3 is 46.7 Å². The van der Waals surface area contributed by atoms with Crippen LogP contribution < -0.4 is 27.0 Å². The third-order valence-electron chi connectivity index (χ3n) is 10.3. The van der Waals surface area contributed by atoms with Gasteiger partial charge in [-0.2, -0.15) is 9.97 Å². The van der Waals surface area contributed by atoms with Crippen LogP contribution in [0.25, 0.3) is 0 Å². The van der Waals surface area contributed by atoms with Crippen LogP contribution in [0.1, 0.15) is 90.9 Å². The van der Waals surface area contributed by atoms with Gasteiger partial charge in [0.2, 0.25) is 17.7 Å². The van der Waals surface area contributed by atoms with Gasteiger partial charge in [0, 0.05) is 50.6 Å². The van der Waals surface area contributed by atoms with Gasteiger partial charge in [-0.05, 0) is 103 Å². The average Bonchev–Trinajstić information content (AvgIpc) is 3.11. The SMILES string of the molecule is C[C@@H]1C[C@H](Nc2ncc(N)c(NC3CCC(CO)CC3)n2)CCO1.C[C@@H]1C[C@H](Nc2ncc([N+](=O)[O-])c(NC3CCC(CO)CC3)n2)CCO1. The van der Waals surface area contributed by atoms with Crippen LogP contribution in [0.2, 0.25) is 0 Å². The van der Waals surface area contributed by atoms with Gasteiger partial charge in [-0.25, -0.2) is 9.97 Å². The second kappa shape index (κ2) is 18.6. The van der Waals surface area contributed by atoms with E-state index < -0.39 is 4.92 Å². The first kappa shape index (κ1) is 37.7. The molecular weight excluding hydrogens is 644 g/mol. The van der Waals surface area contributed by atoms with Crippen LogP contribution in [0.15, 0.2) is 12.4 Å². The van der Waals surface area contributed by atoms with E-state index >= 15 is 0 Å². The van der Waals surface area contributed by atoms with E-state index in [1.165, 1.54) is 6.20 Å². The largest absolute Gasteiger partial charge is 0.396 e. The highest BCUT2D eigenvalue weighted by Gasteiger charge is 2.27. The molecule has 278 valence electrons. The minimum Gasteiger partial charge on any atom is -0.396 e. The number of hydrogen-bond donors (Lipinski definition) is 7. The highest BCUT2D eigenvalue weighted by atomic mass is 16.6. The number of hydrogen-bond acceptors (Lipinski definition) is 15. The van der Waals surface area contributed by atoms with E-state index in [0.29, 0.717) is 60.5 Å². The van der Waals surface area contributed by atoms with E-state index in [4.69, 9.17) is 15.2 Å². The summed E-state index contributed by atoms with van der Waals surface area (Å²) in [7, 11) is 0. The molecule has 2 saturated heterocycles. The summed E-state index contributed by atoms with van der Waals surface area (Å²) in [4.78, 5) is 28.3. The van der Waals surface area contributed by atoms with E-state index in [-0.39, 0.29) is 42.4 Å². The minimum absolute atomic E-state index is 0.111. The zero-order chi connectivity index (χ0) is 35.5. The number of nitrogens with one attached hydrogen (secondary N) is 4. The molecule has 0 unspecified atom stereocenters. The maximum absolute atomic E-state index is 11.3. The fourth-order valence-electron chi connectivity index (χ4n) is 7.25. The smallest absolute Gasteiger partial charge is 0.329 e. The summed E-state index contributed by atoms with van der Waals surface area (Å²) in [6.07, 6.45) is 14.7. The molecule has 2 aliphatic heterocycles. The predicted molar refractivity (Wildman–Crippen MR) is 192 cm³/mol. The first-order valence-corrected chi connectivity index (χ1v) is 18.3. The molecule has 50 heavy (non-hydrogen) atoms. The first-order chi connectivity index (χ1) is 24.2. The highest BCUT2D eigenvalue weighted by molar-refractivity contribution is 5.62. The van der Waals surface area contributed by atoms with Crippen LogP contribution in [0.3, 0.4) is 0 Å². The van der Waals surface area contributed by atoms with Crippen LogP contribution in [0.5, 0.6) is 0 Å². The molecule has 0 aromatic carbocycles. The van der Waals surface area contributed by atoms with Gasteiger partial charge in [-0.1, -0.05) is 0 Å². The Morgan fingerprint density at radius 3 is 1.64 bits per heavy atom. The van der Waals surface area contributed by atoms with Crippen LogP contribution in [0.4, 0.5) is 34.9 Å². The Morgan fingerprint density at radius 2 is 1.18 bits per heavy atom. The lowest BCUT2D eigenvalue weighted by molar-refractivity contribution is -0.384. The maximum Gasteiger partial charge on any atom is 0.329 e.